The number of nitrogens with zero attached hydrogens (tertiary/aromatic N) is 2. The molecule has 0 saturated heterocycles. The molecule has 0 unspecified atom stereocenters. The van der Waals surface area contributed by atoms with Crippen LogP contribution in [0.5, 0.6) is 0 Å². The zero-order chi connectivity index (χ0) is 12.3. The first-order valence-electron chi connectivity index (χ1n) is 5.57. The number of rotatable bonds is 4. The van der Waals surface area contributed by atoms with Crippen LogP contribution >= 0.6 is 11.6 Å². The highest BCUT2D eigenvalue weighted by Gasteiger charge is 2.32. The van der Waals surface area contributed by atoms with E-state index in [4.69, 9.17) is 16.3 Å². The van der Waals surface area contributed by atoms with E-state index in [0.717, 1.165) is 24.1 Å². The van der Waals surface area contributed by atoms with E-state index in [0.29, 0.717) is 11.0 Å². The molecule has 0 aliphatic rings. The number of hydrogen-bond acceptors (Lipinski definition) is 3. The van der Waals surface area contributed by atoms with Crippen molar-refractivity contribution in [3.8, 4) is 0 Å². The van der Waals surface area contributed by atoms with Gasteiger partial charge in [-0.2, -0.15) is 0 Å². The SMILES string of the molecule is CCC(CC)(OC)c1nc(C)c(C)c(Cl)n1. The predicted molar refractivity (Wildman–Crippen MR) is 65.8 cm³/mol. The van der Waals surface area contributed by atoms with Crippen molar-refractivity contribution in [3.63, 3.8) is 0 Å². The molecule has 0 radical (unpaired) electrons. The van der Waals surface area contributed by atoms with Gasteiger partial charge < -0.3 is 4.74 Å². The van der Waals surface area contributed by atoms with Gasteiger partial charge in [0.05, 0.1) is 0 Å². The largest absolute Gasteiger partial charge is 0.370 e. The van der Waals surface area contributed by atoms with Crippen LogP contribution in [0.15, 0.2) is 0 Å². The van der Waals surface area contributed by atoms with E-state index in [1.807, 2.05) is 13.8 Å². The fraction of sp³-hybridized carbons (Fsp3) is 0.667. The van der Waals surface area contributed by atoms with Crippen molar-refractivity contribution < 1.29 is 4.74 Å². The molecule has 4 heteroatoms. The van der Waals surface area contributed by atoms with Crippen LogP contribution in [0.4, 0.5) is 0 Å². The lowest BCUT2D eigenvalue weighted by Gasteiger charge is -2.28. The lowest BCUT2D eigenvalue weighted by molar-refractivity contribution is -0.0292. The molecule has 0 spiro atoms. The summed E-state index contributed by atoms with van der Waals surface area (Å²) in [6, 6.07) is 0. The zero-order valence-corrected chi connectivity index (χ0v) is 11.4. The quantitative estimate of drug-likeness (QED) is 0.759. The standard InChI is InChI=1S/C12H19ClN2O/c1-6-12(7-2,16-5)11-14-9(4)8(3)10(13)15-11/h6-7H2,1-5H3. The van der Waals surface area contributed by atoms with Gasteiger partial charge in [-0.15, -0.1) is 0 Å². The highest BCUT2D eigenvalue weighted by molar-refractivity contribution is 6.30. The van der Waals surface area contributed by atoms with Gasteiger partial charge in [-0.3, -0.25) is 0 Å². The Kier molecular flexibility index (Phi) is 4.28. The predicted octanol–water partition coefficient (Wildman–Crippen LogP) is 3.41. The molecule has 0 atom stereocenters. The molecule has 1 heterocycles. The molecule has 16 heavy (non-hydrogen) atoms. The molecule has 0 amide bonds. The third kappa shape index (κ3) is 2.20. The van der Waals surface area contributed by atoms with E-state index in [1.165, 1.54) is 0 Å². The summed E-state index contributed by atoms with van der Waals surface area (Å²) in [5, 5.41) is 0.519. The van der Waals surface area contributed by atoms with Crippen molar-refractivity contribution in [2.75, 3.05) is 7.11 Å². The Balaban J connectivity index is 3.31. The van der Waals surface area contributed by atoms with Gasteiger partial charge in [-0.05, 0) is 26.7 Å². The van der Waals surface area contributed by atoms with E-state index < -0.39 is 5.60 Å². The van der Waals surface area contributed by atoms with Crippen molar-refractivity contribution >= 4 is 11.6 Å². The lowest BCUT2D eigenvalue weighted by Crippen LogP contribution is -2.30. The fourth-order valence-electron chi connectivity index (χ4n) is 1.74. The first-order chi connectivity index (χ1) is 7.50. The van der Waals surface area contributed by atoms with Crippen LogP contribution in [0.3, 0.4) is 0 Å². The summed E-state index contributed by atoms with van der Waals surface area (Å²) < 4.78 is 5.59. The van der Waals surface area contributed by atoms with Gasteiger partial charge in [-0.25, -0.2) is 9.97 Å². The Morgan fingerprint density at radius 1 is 1.19 bits per heavy atom. The molecular weight excluding hydrogens is 224 g/mol. The third-order valence-electron chi connectivity index (χ3n) is 3.27. The Bertz CT molecular complexity index is 344. The first kappa shape index (κ1) is 13.4. The van der Waals surface area contributed by atoms with Crippen LogP contribution in [0.1, 0.15) is 43.8 Å². The Morgan fingerprint density at radius 2 is 1.75 bits per heavy atom. The van der Waals surface area contributed by atoms with Gasteiger partial charge in [0.1, 0.15) is 10.8 Å². The zero-order valence-electron chi connectivity index (χ0n) is 10.6. The molecule has 1 aromatic rings. The molecule has 0 bridgehead atoms. The number of ether oxygens (including phenoxy) is 1. The van der Waals surface area contributed by atoms with Crippen LogP contribution < -0.4 is 0 Å². The smallest absolute Gasteiger partial charge is 0.162 e. The summed E-state index contributed by atoms with van der Waals surface area (Å²) >= 11 is 6.09. The number of halogens is 1. The summed E-state index contributed by atoms with van der Waals surface area (Å²) in [5.41, 5.74) is 1.43. The van der Waals surface area contributed by atoms with Gasteiger partial charge >= 0.3 is 0 Å². The lowest BCUT2D eigenvalue weighted by atomic mass is 9.96. The molecule has 3 nitrogen and oxygen atoms in total. The third-order valence-corrected chi connectivity index (χ3v) is 3.64. The summed E-state index contributed by atoms with van der Waals surface area (Å²) in [4.78, 5) is 8.85. The van der Waals surface area contributed by atoms with Gasteiger partial charge in [0.25, 0.3) is 0 Å². The Morgan fingerprint density at radius 3 is 2.12 bits per heavy atom. The molecule has 0 saturated carbocycles. The minimum atomic E-state index is -0.415. The molecule has 0 N–H and O–H groups in total. The average Bonchev–Trinajstić information content (AvgIpc) is 2.29. The molecular formula is C12H19ClN2O. The van der Waals surface area contributed by atoms with Crippen LogP contribution in [0.2, 0.25) is 5.15 Å². The van der Waals surface area contributed by atoms with Crippen molar-refractivity contribution in [2.45, 2.75) is 46.1 Å². The summed E-state index contributed by atoms with van der Waals surface area (Å²) in [7, 11) is 1.69. The van der Waals surface area contributed by atoms with Crippen molar-refractivity contribution in [1.82, 2.24) is 9.97 Å². The maximum Gasteiger partial charge on any atom is 0.162 e. The second-order valence-corrected chi connectivity index (χ2v) is 4.31. The molecule has 1 aromatic heterocycles. The van der Waals surface area contributed by atoms with Crippen molar-refractivity contribution in [2.24, 2.45) is 0 Å². The summed E-state index contributed by atoms with van der Waals surface area (Å²) in [6.45, 7) is 8.00. The molecule has 90 valence electrons. The maximum absolute atomic E-state index is 6.09. The van der Waals surface area contributed by atoms with Crippen molar-refractivity contribution in [1.29, 1.82) is 0 Å². The monoisotopic (exact) mass is 242 g/mol. The van der Waals surface area contributed by atoms with Crippen LogP contribution in [-0.2, 0) is 10.3 Å². The molecule has 0 fully saturated rings. The van der Waals surface area contributed by atoms with Gasteiger partial charge in [-0.1, -0.05) is 25.4 Å². The van der Waals surface area contributed by atoms with Crippen LogP contribution in [0, 0.1) is 13.8 Å². The minimum absolute atomic E-state index is 0.415. The van der Waals surface area contributed by atoms with E-state index in [2.05, 4.69) is 23.8 Å². The highest BCUT2D eigenvalue weighted by atomic mass is 35.5. The van der Waals surface area contributed by atoms with E-state index in [9.17, 15) is 0 Å². The van der Waals surface area contributed by atoms with Crippen LogP contribution in [-0.4, -0.2) is 17.1 Å². The minimum Gasteiger partial charge on any atom is -0.370 e. The molecule has 0 aliphatic heterocycles. The molecule has 0 aliphatic carbocycles. The van der Waals surface area contributed by atoms with E-state index in [-0.39, 0.29) is 0 Å². The first-order valence-corrected chi connectivity index (χ1v) is 5.95. The molecule has 1 rings (SSSR count). The number of aryl methyl sites for hydroxylation is 1. The maximum atomic E-state index is 6.09. The van der Waals surface area contributed by atoms with Crippen molar-refractivity contribution in [3.05, 3.63) is 22.2 Å². The van der Waals surface area contributed by atoms with E-state index >= 15 is 0 Å². The summed E-state index contributed by atoms with van der Waals surface area (Å²) in [6.07, 6.45) is 1.66. The number of hydrogen-bond donors (Lipinski definition) is 0. The summed E-state index contributed by atoms with van der Waals surface area (Å²) in [5.74, 6) is 0.688. The second-order valence-electron chi connectivity index (χ2n) is 3.95. The fourth-order valence-corrected chi connectivity index (χ4v) is 1.96. The average molecular weight is 243 g/mol. The highest BCUT2D eigenvalue weighted by Crippen LogP contribution is 2.31. The van der Waals surface area contributed by atoms with Crippen LogP contribution in [0.25, 0.3) is 0 Å². The topological polar surface area (TPSA) is 35.0 Å². The van der Waals surface area contributed by atoms with E-state index in [1.54, 1.807) is 7.11 Å². The second kappa shape index (κ2) is 5.11. The normalized spacial score (nSPS) is 11.9. The van der Waals surface area contributed by atoms with Gasteiger partial charge in [0.2, 0.25) is 0 Å². The number of methoxy groups -OCH3 is 1. The molecule has 0 aromatic carbocycles. The Labute approximate surface area is 102 Å². The van der Waals surface area contributed by atoms with Gasteiger partial charge in [0, 0.05) is 18.4 Å². The number of aromatic nitrogens is 2. The Hall–Kier alpha value is -0.670. The van der Waals surface area contributed by atoms with Gasteiger partial charge in [0.15, 0.2) is 5.82 Å².